The summed E-state index contributed by atoms with van der Waals surface area (Å²) < 4.78 is 4.61. The Morgan fingerprint density at radius 2 is 2.64 bits per heavy atom. The van der Waals surface area contributed by atoms with Crippen molar-refractivity contribution in [3.05, 3.63) is 12.2 Å². The molecule has 1 amide bonds. The minimum atomic E-state index is -0.423. The van der Waals surface area contributed by atoms with E-state index >= 15 is 0 Å². The second-order valence-corrected chi connectivity index (χ2v) is 1.87. The number of hydrogen-bond donors (Lipinski definition) is 2. The molecule has 0 aliphatic carbocycles. The molecule has 0 saturated carbocycles. The van der Waals surface area contributed by atoms with Crippen molar-refractivity contribution in [1.29, 1.82) is 0 Å². The molecule has 0 spiro atoms. The summed E-state index contributed by atoms with van der Waals surface area (Å²) in [4.78, 5) is 14.3. The molecule has 0 bridgehead atoms. The van der Waals surface area contributed by atoms with Crippen molar-refractivity contribution in [2.24, 2.45) is 0 Å². The van der Waals surface area contributed by atoms with E-state index in [4.69, 9.17) is 5.11 Å². The van der Waals surface area contributed by atoms with Crippen LogP contribution >= 0.6 is 0 Å². The topological polar surface area (TPSA) is 75.4 Å². The third-order valence-corrected chi connectivity index (χ3v) is 1.02. The fourth-order valence-electron chi connectivity index (χ4n) is 0.606. The molecule has 0 fully saturated rings. The van der Waals surface area contributed by atoms with Crippen molar-refractivity contribution < 1.29 is 14.3 Å². The van der Waals surface area contributed by atoms with Gasteiger partial charge in [-0.1, -0.05) is 0 Å². The Hall–Kier alpha value is -1.52. The van der Waals surface area contributed by atoms with Crippen molar-refractivity contribution in [3.63, 3.8) is 0 Å². The van der Waals surface area contributed by atoms with Gasteiger partial charge in [0, 0.05) is 6.54 Å². The van der Waals surface area contributed by atoms with Crippen LogP contribution in [0.25, 0.3) is 0 Å². The van der Waals surface area contributed by atoms with Crippen molar-refractivity contribution in [2.45, 2.75) is 6.92 Å². The van der Waals surface area contributed by atoms with Crippen LogP contribution in [0.5, 0.6) is 5.88 Å². The number of amides is 1. The molecule has 5 nitrogen and oxygen atoms in total. The van der Waals surface area contributed by atoms with Gasteiger partial charge in [-0.05, 0) is 6.92 Å². The van der Waals surface area contributed by atoms with Gasteiger partial charge in [0.2, 0.25) is 0 Å². The normalized spacial score (nSPS) is 9.55. The minimum absolute atomic E-state index is 0.121. The maximum absolute atomic E-state index is 10.9. The minimum Gasteiger partial charge on any atom is -0.491 e. The largest absolute Gasteiger partial charge is 0.491 e. The van der Waals surface area contributed by atoms with Crippen molar-refractivity contribution in [2.75, 3.05) is 6.54 Å². The molecule has 0 aliphatic rings. The standard InChI is InChI=1S/C6H8N2O3/c1-2-7-5(10)6-8-4(9)3-11-6/h3,9H,2H2,1H3,(H,7,10). The molecule has 1 aromatic rings. The van der Waals surface area contributed by atoms with E-state index in [1.807, 2.05) is 0 Å². The molecule has 0 aromatic carbocycles. The predicted octanol–water partition coefficient (Wildman–Crippen LogP) is 0.130. The lowest BCUT2D eigenvalue weighted by molar-refractivity contribution is 0.0921. The molecule has 0 aliphatic heterocycles. The zero-order valence-corrected chi connectivity index (χ0v) is 6.00. The number of nitrogens with one attached hydrogen (secondary N) is 1. The Balaban J connectivity index is 2.69. The summed E-state index contributed by atoms with van der Waals surface area (Å²) in [6, 6.07) is 0. The van der Waals surface area contributed by atoms with Crippen LogP contribution in [0.3, 0.4) is 0 Å². The van der Waals surface area contributed by atoms with E-state index in [9.17, 15) is 4.79 Å². The summed E-state index contributed by atoms with van der Waals surface area (Å²) in [6.07, 6.45) is 1.00. The Kier molecular flexibility index (Phi) is 2.10. The van der Waals surface area contributed by atoms with E-state index in [1.54, 1.807) is 6.92 Å². The smallest absolute Gasteiger partial charge is 0.307 e. The Labute approximate surface area is 63.0 Å². The van der Waals surface area contributed by atoms with Crippen molar-refractivity contribution in [3.8, 4) is 5.88 Å². The fraction of sp³-hybridized carbons (Fsp3) is 0.333. The summed E-state index contributed by atoms with van der Waals surface area (Å²) in [5, 5.41) is 11.2. The maximum Gasteiger partial charge on any atom is 0.307 e. The summed E-state index contributed by atoms with van der Waals surface area (Å²) in [5.74, 6) is -0.830. The third-order valence-electron chi connectivity index (χ3n) is 1.02. The van der Waals surface area contributed by atoms with E-state index < -0.39 is 5.91 Å². The van der Waals surface area contributed by atoms with Crippen molar-refractivity contribution in [1.82, 2.24) is 10.3 Å². The molecule has 0 atom stereocenters. The third kappa shape index (κ3) is 1.70. The van der Waals surface area contributed by atoms with Crippen LogP contribution in [-0.2, 0) is 0 Å². The molecule has 0 unspecified atom stereocenters. The first-order valence-corrected chi connectivity index (χ1v) is 3.16. The molecule has 2 N–H and O–H groups in total. The van der Waals surface area contributed by atoms with Gasteiger partial charge in [-0.2, -0.15) is 4.98 Å². The quantitative estimate of drug-likeness (QED) is 0.638. The molecule has 0 saturated heterocycles. The number of carbonyl (C=O) groups is 1. The molecular weight excluding hydrogens is 148 g/mol. The Morgan fingerprint density at radius 1 is 1.91 bits per heavy atom. The zero-order valence-electron chi connectivity index (χ0n) is 6.00. The van der Waals surface area contributed by atoms with E-state index in [-0.39, 0.29) is 11.8 Å². The van der Waals surface area contributed by atoms with Gasteiger partial charge in [0.1, 0.15) is 0 Å². The van der Waals surface area contributed by atoms with Crippen LogP contribution in [0.15, 0.2) is 10.7 Å². The predicted molar refractivity (Wildman–Crippen MR) is 36.2 cm³/mol. The molecule has 11 heavy (non-hydrogen) atoms. The van der Waals surface area contributed by atoms with Crippen LogP contribution in [0, 0.1) is 0 Å². The molecule has 1 rings (SSSR count). The Morgan fingerprint density at radius 3 is 3.09 bits per heavy atom. The highest BCUT2D eigenvalue weighted by Gasteiger charge is 2.10. The number of oxazole rings is 1. The number of hydrogen-bond acceptors (Lipinski definition) is 4. The average Bonchev–Trinajstić information content (AvgIpc) is 2.36. The second-order valence-electron chi connectivity index (χ2n) is 1.87. The Bertz CT molecular complexity index is 256. The highest BCUT2D eigenvalue weighted by atomic mass is 16.4. The molecule has 0 radical (unpaired) electrons. The fourth-order valence-corrected chi connectivity index (χ4v) is 0.606. The molecular formula is C6H8N2O3. The first-order chi connectivity index (χ1) is 5.24. The summed E-state index contributed by atoms with van der Waals surface area (Å²) in [6.45, 7) is 2.28. The van der Waals surface area contributed by atoms with E-state index in [0.717, 1.165) is 6.26 Å². The second kappa shape index (κ2) is 3.05. The maximum atomic E-state index is 10.9. The van der Waals surface area contributed by atoms with Gasteiger partial charge in [-0.3, -0.25) is 4.79 Å². The summed E-state index contributed by atoms with van der Waals surface area (Å²) in [7, 11) is 0. The molecule has 1 heterocycles. The lowest BCUT2D eigenvalue weighted by atomic mass is 10.6. The van der Waals surface area contributed by atoms with Gasteiger partial charge >= 0.3 is 5.91 Å². The monoisotopic (exact) mass is 156 g/mol. The SMILES string of the molecule is CCNC(=O)c1nc(O)co1. The molecule has 1 aromatic heterocycles. The zero-order chi connectivity index (χ0) is 8.27. The molecule has 5 heteroatoms. The van der Waals surface area contributed by atoms with E-state index in [2.05, 4.69) is 14.7 Å². The number of aromatic nitrogens is 1. The van der Waals surface area contributed by atoms with Crippen LogP contribution < -0.4 is 5.32 Å². The van der Waals surface area contributed by atoms with Crippen LogP contribution in [0.4, 0.5) is 0 Å². The lowest BCUT2D eigenvalue weighted by Gasteiger charge is -1.93. The first-order valence-electron chi connectivity index (χ1n) is 3.16. The van der Waals surface area contributed by atoms with Gasteiger partial charge in [0.05, 0.1) is 0 Å². The van der Waals surface area contributed by atoms with Gasteiger partial charge in [0.25, 0.3) is 11.8 Å². The van der Waals surface area contributed by atoms with E-state index in [0.29, 0.717) is 6.54 Å². The number of rotatable bonds is 2. The number of aromatic hydroxyl groups is 1. The van der Waals surface area contributed by atoms with Gasteiger partial charge in [-0.15, -0.1) is 0 Å². The van der Waals surface area contributed by atoms with Crippen molar-refractivity contribution >= 4 is 5.91 Å². The van der Waals surface area contributed by atoms with Crippen LogP contribution in [0.1, 0.15) is 17.6 Å². The van der Waals surface area contributed by atoms with Gasteiger partial charge in [-0.25, -0.2) is 0 Å². The summed E-state index contributed by atoms with van der Waals surface area (Å²) >= 11 is 0. The highest BCUT2D eigenvalue weighted by Crippen LogP contribution is 2.06. The van der Waals surface area contributed by atoms with Crippen LogP contribution in [0.2, 0.25) is 0 Å². The van der Waals surface area contributed by atoms with Gasteiger partial charge in [0.15, 0.2) is 6.26 Å². The van der Waals surface area contributed by atoms with Crippen LogP contribution in [-0.4, -0.2) is 22.5 Å². The first kappa shape index (κ1) is 7.59. The number of nitrogens with zero attached hydrogens (tertiary/aromatic N) is 1. The lowest BCUT2D eigenvalue weighted by Crippen LogP contribution is -2.22. The summed E-state index contributed by atoms with van der Waals surface area (Å²) in [5.41, 5.74) is 0. The van der Waals surface area contributed by atoms with E-state index in [1.165, 1.54) is 0 Å². The number of carbonyl (C=O) groups excluding carboxylic acids is 1. The average molecular weight is 156 g/mol. The highest BCUT2D eigenvalue weighted by molar-refractivity contribution is 5.89. The molecule has 60 valence electrons. The van der Waals surface area contributed by atoms with Gasteiger partial charge < -0.3 is 14.8 Å².